The normalized spacial score (nSPS) is 9.74. The molecule has 0 radical (unpaired) electrons. The van der Waals surface area contributed by atoms with Crippen molar-refractivity contribution in [3.05, 3.63) is 35.4 Å². The maximum absolute atomic E-state index is 11.7. The summed E-state index contributed by atoms with van der Waals surface area (Å²) < 4.78 is 4.56. The van der Waals surface area contributed by atoms with Crippen LogP contribution in [0.5, 0.6) is 0 Å². The third-order valence-electron chi connectivity index (χ3n) is 2.45. The van der Waals surface area contributed by atoms with Crippen LogP contribution in [0, 0.1) is 0 Å². The van der Waals surface area contributed by atoms with Gasteiger partial charge in [-0.2, -0.15) is 0 Å². The Bertz CT molecular complexity index is 468. The van der Waals surface area contributed by atoms with Gasteiger partial charge in [-0.15, -0.1) is 0 Å². The minimum atomic E-state index is -0.451. The Morgan fingerprint density at radius 1 is 1.16 bits per heavy atom. The summed E-state index contributed by atoms with van der Waals surface area (Å²) in [5.41, 5.74) is 5.80. The van der Waals surface area contributed by atoms with Gasteiger partial charge in [-0.25, -0.2) is 4.79 Å². The van der Waals surface area contributed by atoms with E-state index in [-0.39, 0.29) is 12.3 Å². The van der Waals surface area contributed by atoms with Crippen molar-refractivity contribution >= 4 is 17.8 Å². The lowest BCUT2D eigenvalue weighted by molar-refractivity contribution is -0.118. The number of ether oxygens (including phenoxy) is 1. The van der Waals surface area contributed by atoms with Crippen LogP contribution in [-0.2, 0) is 9.53 Å². The number of methoxy groups -OCH3 is 1. The highest BCUT2D eigenvalue weighted by atomic mass is 16.5. The molecule has 0 aromatic heterocycles. The van der Waals surface area contributed by atoms with Crippen molar-refractivity contribution in [3.63, 3.8) is 0 Å². The van der Waals surface area contributed by atoms with Gasteiger partial charge < -0.3 is 15.8 Å². The van der Waals surface area contributed by atoms with E-state index in [2.05, 4.69) is 10.1 Å². The smallest absolute Gasteiger partial charge is 0.337 e. The Morgan fingerprint density at radius 3 is 2.26 bits per heavy atom. The predicted molar refractivity (Wildman–Crippen MR) is 68.5 cm³/mol. The highest BCUT2D eigenvalue weighted by Gasteiger charge is 2.08. The molecule has 0 aliphatic rings. The van der Waals surface area contributed by atoms with Gasteiger partial charge >= 0.3 is 5.97 Å². The Balaban J connectivity index is 2.49. The number of nitrogens with one attached hydrogen (secondary N) is 1. The summed E-state index contributed by atoms with van der Waals surface area (Å²) >= 11 is 0. The molecule has 0 bridgehead atoms. The summed E-state index contributed by atoms with van der Waals surface area (Å²) in [5.74, 6) is -1.11. The van der Waals surface area contributed by atoms with Crippen LogP contribution in [0.25, 0.3) is 0 Å². The Morgan fingerprint density at radius 2 is 1.74 bits per heavy atom. The van der Waals surface area contributed by atoms with Gasteiger partial charge in [-0.3, -0.25) is 9.59 Å². The summed E-state index contributed by atoms with van der Waals surface area (Å²) in [4.78, 5) is 33.4. The SMILES string of the molecule is COC(=O)c1ccc(C(=O)NCCCC(N)=O)cc1. The summed E-state index contributed by atoms with van der Waals surface area (Å²) in [6, 6.07) is 6.11. The summed E-state index contributed by atoms with van der Waals surface area (Å²) in [5, 5.41) is 2.65. The van der Waals surface area contributed by atoms with Gasteiger partial charge in [0.2, 0.25) is 5.91 Å². The Labute approximate surface area is 110 Å². The van der Waals surface area contributed by atoms with Crippen LogP contribution >= 0.6 is 0 Å². The molecule has 0 aliphatic heterocycles. The van der Waals surface area contributed by atoms with Crippen molar-refractivity contribution in [2.24, 2.45) is 5.73 Å². The van der Waals surface area contributed by atoms with Crippen LogP contribution in [0.2, 0.25) is 0 Å². The highest BCUT2D eigenvalue weighted by molar-refractivity contribution is 5.96. The maximum Gasteiger partial charge on any atom is 0.337 e. The van der Waals surface area contributed by atoms with Gasteiger partial charge in [-0.1, -0.05) is 0 Å². The monoisotopic (exact) mass is 264 g/mol. The topological polar surface area (TPSA) is 98.5 Å². The van der Waals surface area contributed by atoms with E-state index in [1.807, 2.05) is 0 Å². The molecule has 3 N–H and O–H groups in total. The molecule has 0 fully saturated rings. The largest absolute Gasteiger partial charge is 0.465 e. The van der Waals surface area contributed by atoms with Gasteiger partial charge in [0.1, 0.15) is 0 Å². The second-order valence-corrected chi connectivity index (χ2v) is 3.89. The number of hydrogen-bond acceptors (Lipinski definition) is 4. The van der Waals surface area contributed by atoms with Crippen molar-refractivity contribution in [1.82, 2.24) is 5.32 Å². The number of esters is 1. The molecule has 1 aromatic carbocycles. The van der Waals surface area contributed by atoms with Crippen molar-refractivity contribution in [3.8, 4) is 0 Å². The van der Waals surface area contributed by atoms with E-state index in [9.17, 15) is 14.4 Å². The number of carbonyl (C=O) groups excluding carboxylic acids is 3. The van der Waals surface area contributed by atoms with Crippen molar-refractivity contribution in [2.45, 2.75) is 12.8 Å². The third kappa shape index (κ3) is 4.79. The van der Waals surface area contributed by atoms with E-state index in [0.717, 1.165) is 0 Å². The molecule has 0 saturated heterocycles. The molecule has 102 valence electrons. The van der Waals surface area contributed by atoms with Gasteiger partial charge in [0.05, 0.1) is 12.7 Å². The van der Waals surface area contributed by atoms with Gasteiger partial charge in [0, 0.05) is 18.5 Å². The predicted octanol–water partition coefficient (Wildman–Crippen LogP) is 0.469. The van der Waals surface area contributed by atoms with Crippen LogP contribution in [0.1, 0.15) is 33.6 Å². The Kier molecular flexibility index (Phi) is 5.53. The molecule has 0 spiro atoms. The first-order valence-electron chi connectivity index (χ1n) is 5.79. The summed E-state index contributed by atoms with van der Waals surface area (Å²) in [6.45, 7) is 0.376. The van der Waals surface area contributed by atoms with E-state index in [1.165, 1.54) is 31.4 Å². The van der Waals surface area contributed by atoms with E-state index in [1.54, 1.807) is 0 Å². The van der Waals surface area contributed by atoms with Crippen LogP contribution < -0.4 is 11.1 Å². The molecule has 6 nitrogen and oxygen atoms in total. The van der Waals surface area contributed by atoms with Gasteiger partial charge in [0.15, 0.2) is 0 Å². The second kappa shape index (κ2) is 7.15. The fourth-order valence-corrected chi connectivity index (χ4v) is 1.44. The molecular weight excluding hydrogens is 248 g/mol. The van der Waals surface area contributed by atoms with Crippen LogP contribution in [0.15, 0.2) is 24.3 Å². The van der Waals surface area contributed by atoms with E-state index in [4.69, 9.17) is 5.73 Å². The van der Waals surface area contributed by atoms with Crippen molar-refractivity contribution in [2.75, 3.05) is 13.7 Å². The average Bonchev–Trinajstić information content (AvgIpc) is 2.42. The standard InChI is InChI=1S/C13H16N2O4/c1-19-13(18)10-6-4-9(5-7-10)12(17)15-8-2-3-11(14)16/h4-7H,2-3,8H2,1H3,(H2,14,16)(H,15,17). The lowest BCUT2D eigenvalue weighted by Gasteiger charge is -2.05. The van der Waals surface area contributed by atoms with Crippen molar-refractivity contribution < 1.29 is 19.1 Å². The van der Waals surface area contributed by atoms with Gasteiger partial charge in [-0.05, 0) is 30.7 Å². The van der Waals surface area contributed by atoms with Crippen molar-refractivity contribution in [1.29, 1.82) is 0 Å². The number of rotatable bonds is 6. The number of hydrogen-bond donors (Lipinski definition) is 2. The quantitative estimate of drug-likeness (QED) is 0.576. The minimum Gasteiger partial charge on any atom is -0.465 e. The molecule has 0 heterocycles. The fourth-order valence-electron chi connectivity index (χ4n) is 1.44. The first kappa shape index (κ1) is 14.7. The molecule has 2 amide bonds. The second-order valence-electron chi connectivity index (χ2n) is 3.89. The highest BCUT2D eigenvalue weighted by Crippen LogP contribution is 2.05. The van der Waals surface area contributed by atoms with Crippen LogP contribution in [-0.4, -0.2) is 31.4 Å². The average molecular weight is 264 g/mol. The molecule has 0 saturated carbocycles. The van der Waals surface area contributed by atoms with E-state index in [0.29, 0.717) is 24.1 Å². The molecule has 1 rings (SSSR count). The minimum absolute atomic E-state index is 0.238. The van der Waals surface area contributed by atoms with E-state index >= 15 is 0 Å². The lowest BCUT2D eigenvalue weighted by Crippen LogP contribution is -2.25. The van der Waals surface area contributed by atoms with Crippen LogP contribution in [0.3, 0.4) is 0 Å². The van der Waals surface area contributed by atoms with E-state index < -0.39 is 11.9 Å². The van der Waals surface area contributed by atoms with Crippen LogP contribution in [0.4, 0.5) is 0 Å². The Hall–Kier alpha value is -2.37. The maximum atomic E-state index is 11.7. The zero-order valence-corrected chi connectivity index (χ0v) is 10.6. The first-order chi connectivity index (χ1) is 9.04. The summed E-state index contributed by atoms with van der Waals surface area (Å²) in [6.07, 6.45) is 0.739. The number of carbonyl (C=O) groups is 3. The number of amides is 2. The number of benzene rings is 1. The molecule has 1 aromatic rings. The zero-order valence-electron chi connectivity index (χ0n) is 10.6. The zero-order chi connectivity index (χ0) is 14.3. The number of primary amides is 1. The molecule has 19 heavy (non-hydrogen) atoms. The van der Waals surface area contributed by atoms with Gasteiger partial charge in [0.25, 0.3) is 5.91 Å². The molecular formula is C13H16N2O4. The number of nitrogens with two attached hydrogens (primary N) is 1. The lowest BCUT2D eigenvalue weighted by atomic mass is 10.1. The fraction of sp³-hybridized carbons (Fsp3) is 0.308. The molecule has 0 atom stereocenters. The first-order valence-corrected chi connectivity index (χ1v) is 5.79. The molecule has 0 unspecified atom stereocenters. The summed E-state index contributed by atoms with van der Waals surface area (Å²) in [7, 11) is 1.29. The third-order valence-corrected chi connectivity index (χ3v) is 2.45. The molecule has 0 aliphatic carbocycles. The molecule has 6 heteroatoms.